The highest BCUT2D eigenvalue weighted by Crippen LogP contribution is 2.22. The Hall–Kier alpha value is -1.87. The Morgan fingerprint density at radius 3 is 2.50 bits per heavy atom. The SMILES string of the molecule is Fc1ccc(CCNCCc2ccc3c(c2)CCCN3)cc1. The molecular weight excluding hydrogens is 275 g/mol. The van der Waals surface area contributed by atoms with Gasteiger partial charge in [-0.2, -0.15) is 0 Å². The van der Waals surface area contributed by atoms with Gasteiger partial charge in [0.25, 0.3) is 0 Å². The minimum absolute atomic E-state index is 0.168. The standard InChI is InChI=1S/C19H23FN2/c20-18-6-3-15(4-7-18)9-12-21-13-10-16-5-8-19-17(14-16)2-1-11-22-19/h3-8,14,21-22H,1-2,9-13H2. The van der Waals surface area contributed by atoms with Crippen LogP contribution >= 0.6 is 0 Å². The molecule has 116 valence electrons. The third kappa shape index (κ3) is 4.08. The Morgan fingerprint density at radius 2 is 1.68 bits per heavy atom. The van der Waals surface area contributed by atoms with Crippen LogP contribution in [0.2, 0.25) is 0 Å². The summed E-state index contributed by atoms with van der Waals surface area (Å²) < 4.78 is 12.8. The summed E-state index contributed by atoms with van der Waals surface area (Å²) in [5.74, 6) is -0.168. The van der Waals surface area contributed by atoms with E-state index >= 15 is 0 Å². The van der Waals surface area contributed by atoms with Gasteiger partial charge in [-0.05, 0) is 73.7 Å². The minimum atomic E-state index is -0.168. The molecular formula is C19H23FN2. The van der Waals surface area contributed by atoms with E-state index in [1.54, 1.807) is 0 Å². The number of hydrogen-bond donors (Lipinski definition) is 2. The van der Waals surface area contributed by atoms with E-state index in [2.05, 4.69) is 28.8 Å². The number of benzene rings is 2. The monoisotopic (exact) mass is 298 g/mol. The molecule has 0 atom stereocenters. The zero-order chi connectivity index (χ0) is 15.2. The fourth-order valence-electron chi connectivity index (χ4n) is 2.93. The van der Waals surface area contributed by atoms with Gasteiger partial charge in [0.2, 0.25) is 0 Å². The molecule has 22 heavy (non-hydrogen) atoms. The molecule has 1 heterocycles. The van der Waals surface area contributed by atoms with E-state index in [4.69, 9.17) is 0 Å². The van der Waals surface area contributed by atoms with E-state index in [9.17, 15) is 4.39 Å². The quantitative estimate of drug-likeness (QED) is 0.797. The Labute approximate surface area is 131 Å². The van der Waals surface area contributed by atoms with Gasteiger partial charge in [-0.15, -0.1) is 0 Å². The van der Waals surface area contributed by atoms with Gasteiger partial charge in [0, 0.05) is 12.2 Å². The Bertz CT molecular complexity index is 607. The van der Waals surface area contributed by atoms with Gasteiger partial charge in [-0.3, -0.25) is 0 Å². The van der Waals surface area contributed by atoms with Gasteiger partial charge >= 0.3 is 0 Å². The van der Waals surface area contributed by atoms with Crippen molar-refractivity contribution in [1.82, 2.24) is 5.32 Å². The summed E-state index contributed by atoms with van der Waals surface area (Å²) in [7, 11) is 0. The van der Waals surface area contributed by atoms with E-state index in [-0.39, 0.29) is 5.82 Å². The number of fused-ring (bicyclic) bond motifs is 1. The molecule has 0 radical (unpaired) electrons. The lowest BCUT2D eigenvalue weighted by atomic mass is 9.99. The molecule has 0 saturated heterocycles. The summed E-state index contributed by atoms with van der Waals surface area (Å²) in [5.41, 5.74) is 5.33. The zero-order valence-electron chi connectivity index (χ0n) is 12.9. The van der Waals surface area contributed by atoms with Crippen LogP contribution in [0.5, 0.6) is 0 Å². The fraction of sp³-hybridized carbons (Fsp3) is 0.368. The summed E-state index contributed by atoms with van der Waals surface area (Å²) >= 11 is 0. The van der Waals surface area contributed by atoms with Crippen molar-refractivity contribution in [2.45, 2.75) is 25.7 Å². The van der Waals surface area contributed by atoms with Gasteiger partial charge in [-0.1, -0.05) is 24.3 Å². The molecule has 2 aromatic carbocycles. The van der Waals surface area contributed by atoms with Gasteiger partial charge < -0.3 is 10.6 Å². The van der Waals surface area contributed by atoms with Crippen molar-refractivity contribution in [2.75, 3.05) is 25.0 Å². The maximum absolute atomic E-state index is 12.8. The third-order valence-electron chi connectivity index (χ3n) is 4.20. The Balaban J connectivity index is 1.40. The van der Waals surface area contributed by atoms with Gasteiger partial charge in [0.1, 0.15) is 5.82 Å². The summed E-state index contributed by atoms with van der Waals surface area (Å²) in [6.45, 7) is 3.00. The van der Waals surface area contributed by atoms with Gasteiger partial charge in [0.05, 0.1) is 0 Å². The first-order valence-corrected chi connectivity index (χ1v) is 8.12. The topological polar surface area (TPSA) is 24.1 Å². The Kier molecular flexibility index (Phi) is 5.07. The third-order valence-corrected chi connectivity index (χ3v) is 4.20. The van der Waals surface area contributed by atoms with Crippen molar-refractivity contribution in [3.63, 3.8) is 0 Å². The highest BCUT2D eigenvalue weighted by molar-refractivity contribution is 5.54. The maximum Gasteiger partial charge on any atom is 0.123 e. The van der Waals surface area contributed by atoms with E-state index in [1.807, 2.05) is 12.1 Å². The van der Waals surface area contributed by atoms with E-state index in [1.165, 1.54) is 47.4 Å². The number of hydrogen-bond acceptors (Lipinski definition) is 2. The molecule has 0 fully saturated rings. The molecule has 1 aliphatic rings. The second kappa shape index (κ2) is 7.41. The molecule has 0 spiro atoms. The summed E-state index contributed by atoms with van der Waals surface area (Å²) in [6, 6.07) is 13.5. The molecule has 0 saturated carbocycles. The molecule has 0 bridgehead atoms. The van der Waals surface area contributed by atoms with E-state index in [0.29, 0.717) is 0 Å². The molecule has 2 N–H and O–H groups in total. The van der Waals surface area contributed by atoms with Gasteiger partial charge in [-0.25, -0.2) is 4.39 Å². The van der Waals surface area contributed by atoms with Crippen LogP contribution in [0.25, 0.3) is 0 Å². The zero-order valence-corrected chi connectivity index (χ0v) is 12.9. The highest BCUT2D eigenvalue weighted by atomic mass is 19.1. The first kappa shape index (κ1) is 15.0. The van der Waals surface area contributed by atoms with Crippen molar-refractivity contribution >= 4 is 5.69 Å². The normalized spacial score (nSPS) is 13.5. The minimum Gasteiger partial charge on any atom is -0.385 e. The predicted octanol–water partition coefficient (Wildman–Crippen LogP) is 3.56. The maximum atomic E-state index is 12.8. The molecule has 0 unspecified atom stereocenters. The molecule has 3 heteroatoms. The largest absolute Gasteiger partial charge is 0.385 e. The van der Waals surface area contributed by atoms with Crippen molar-refractivity contribution in [1.29, 1.82) is 0 Å². The Morgan fingerprint density at radius 1 is 0.955 bits per heavy atom. The lowest BCUT2D eigenvalue weighted by Gasteiger charge is -2.18. The highest BCUT2D eigenvalue weighted by Gasteiger charge is 2.08. The van der Waals surface area contributed by atoms with Crippen molar-refractivity contribution in [3.8, 4) is 0 Å². The van der Waals surface area contributed by atoms with E-state index < -0.39 is 0 Å². The first-order chi connectivity index (χ1) is 10.8. The lowest BCUT2D eigenvalue weighted by Crippen LogP contribution is -2.20. The summed E-state index contributed by atoms with van der Waals surface area (Å²) in [6.07, 6.45) is 4.41. The van der Waals surface area contributed by atoms with Gasteiger partial charge in [0.15, 0.2) is 0 Å². The first-order valence-electron chi connectivity index (χ1n) is 8.12. The lowest BCUT2D eigenvalue weighted by molar-refractivity contribution is 0.626. The van der Waals surface area contributed by atoms with Crippen LogP contribution in [0.1, 0.15) is 23.1 Å². The van der Waals surface area contributed by atoms with Crippen molar-refractivity contribution in [2.24, 2.45) is 0 Å². The van der Waals surface area contributed by atoms with Crippen LogP contribution in [-0.4, -0.2) is 19.6 Å². The molecule has 0 aromatic heterocycles. The summed E-state index contributed by atoms with van der Waals surface area (Å²) in [5, 5.41) is 6.91. The molecule has 2 nitrogen and oxygen atoms in total. The molecule has 1 aliphatic heterocycles. The second-order valence-corrected chi connectivity index (χ2v) is 5.90. The number of anilines is 1. The predicted molar refractivity (Wildman–Crippen MR) is 89.9 cm³/mol. The van der Waals surface area contributed by atoms with Crippen molar-refractivity contribution < 1.29 is 4.39 Å². The number of nitrogens with one attached hydrogen (secondary N) is 2. The average Bonchev–Trinajstić information content (AvgIpc) is 2.56. The fourth-order valence-corrected chi connectivity index (χ4v) is 2.93. The number of aryl methyl sites for hydroxylation is 1. The average molecular weight is 298 g/mol. The molecule has 0 aliphatic carbocycles. The van der Waals surface area contributed by atoms with Crippen LogP contribution in [0.4, 0.5) is 10.1 Å². The van der Waals surface area contributed by atoms with Crippen molar-refractivity contribution in [3.05, 3.63) is 65.0 Å². The molecule has 3 rings (SSSR count). The number of rotatable bonds is 6. The molecule has 2 aromatic rings. The van der Waals surface area contributed by atoms with Crippen LogP contribution in [0.15, 0.2) is 42.5 Å². The smallest absolute Gasteiger partial charge is 0.123 e. The van der Waals surface area contributed by atoms with E-state index in [0.717, 1.165) is 32.5 Å². The number of halogens is 1. The van der Waals surface area contributed by atoms with Crippen LogP contribution in [0, 0.1) is 5.82 Å². The summed E-state index contributed by atoms with van der Waals surface area (Å²) in [4.78, 5) is 0. The molecule has 0 amide bonds. The second-order valence-electron chi connectivity index (χ2n) is 5.90. The van der Waals surface area contributed by atoms with Crippen LogP contribution in [-0.2, 0) is 19.3 Å². The van der Waals surface area contributed by atoms with Crippen LogP contribution < -0.4 is 10.6 Å². The van der Waals surface area contributed by atoms with Crippen LogP contribution in [0.3, 0.4) is 0 Å².